The number of aliphatic hydroxyl groups excluding tert-OH is 1. The molecule has 22 heavy (non-hydrogen) atoms. The van der Waals surface area contributed by atoms with Crippen LogP contribution in [0.25, 0.3) is 0 Å². The summed E-state index contributed by atoms with van der Waals surface area (Å²) in [5.41, 5.74) is 0.766. The first kappa shape index (κ1) is 18.7. The second-order valence-electron chi connectivity index (χ2n) is 7.21. The van der Waals surface area contributed by atoms with E-state index in [0.29, 0.717) is 0 Å². The molecule has 0 saturated carbocycles. The Hall–Kier alpha value is -1.39. The maximum Gasteiger partial charge on any atom is 0.223 e. The summed E-state index contributed by atoms with van der Waals surface area (Å²) in [5.74, 6) is -0.102. The highest BCUT2D eigenvalue weighted by Crippen LogP contribution is 2.23. The Morgan fingerprint density at radius 3 is 2.32 bits per heavy atom. The number of carbonyl (C=O) groups excluding carboxylic acids is 1. The zero-order valence-electron chi connectivity index (χ0n) is 14.5. The van der Waals surface area contributed by atoms with Crippen molar-refractivity contribution in [3.05, 3.63) is 35.9 Å². The largest absolute Gasteiger partial charge is 0.388 e. The zero-order valence-corrected chi connectivity index (χ0v) is 14.5. The second kappa shape index (κ2) is 8.30. The second-order valence-corrected chi connectivity index (χ2v) is 7.21. The molecule has 0 aliphatic heterocycles. The lowest BCUT2D eigenvalue weighted by atomic mass is 9.84. The summed E-state index contributed by atoms with van der Waals surface area (Å²) in [4.78, 5) is 14.4. The van der Waals surface area contributed by atoms with Crippen LogP contribution in [0.15, 0.2) is 30.3 Å². The summed E-state index contributed by atoms with van der Waals surface area (Å²) < 4.78 is 0. The average molecular weight is 306 g/mol. The molecule has 4 heteroatoms. The monoisotopic (exact) mass is 306 g/mol. The Morgan fingerprint density at radius 2 is 1.82 bits per heavy atom. The normalized spacial score (nSPS) is 14.7. The molecule has 0 heterocycles. The Bertz CT molecular complexity index is 452. The van der Waals surface area contributed by atoms with Gasteiger partial charge in [0.1, 0.15) is 0 Å². The molecule has 1 rings (SSSR count). The lowest BCUT2D eigenvalue weighted by molar-refractivity contribution is -0.124. The molecule has 0 radical (unpaired) electrons. The summed E-state index contributed by atoms with van der Waals surface area (Å²) in [6, 6.07) is 9.39. The number of hydrogen-bond donors (Lipinski definition) is 2. The third-order valence-corrected chi connectivity index (χ3v) is 3.81. The Labute approximate surface area is 134 Å². The van der Waals surface area contributed by atoms with Crippen LogP contribution in [0, 0.1) is 5.41 Å². The Balaban J connectivity index is 2.59. The van der Waals surface area contributed by atoms with Crippen LogP contribution in [0.5, 0.6) is 0 Å². The fourth-order valence-corrected chi connectivity index (χ4v) is 2.33. The van der Waals surface area contributed by atoms with Gasteiger partial charge in [-0.25, -0.2) is 0 Å². The predicted octanol–water partition coefficient (Wildman–Crippen LogP) is 2.59. The number of rotatable bonds is 7. The summed E-state index contributed by atoms with van der Waals surface area (Å²) in [7, 11) is 4.06. The van der Waals surface area contributed by atoms with Gasteiger partial charge in [-0.2, -0.15) is 0 Å². The van der Waals surface area contributed by atoms with Crippen molar-refractivity contribution in [3.63, 3.8) is 0 Å². The third-order valence-electron chi connectivity index (χ3n) is 3.81. The molecule has 2 N–H and O–H groups in total. The number of benzene rings is 1. The number of hydrogen-bond acceptors (Lipinski definition) is 3. The fourth-order valence-electron chi connectivity index (χ4n) is 2.33. The van der Waals surface area contributed by atoms with Gasteiger partial charge in [-0.05, 0) is 38.0 Å². The molecule has 4 nitrogen and oxygen atoms in total. The van der Waals surface area contributed by atoms with Crippen LogP contribution in [0.1, 0.15) is 45.3 Å². The van der Waals surface area contributed by atoms with Gasteiger partial charge < -0.3 is 15.3 Å². The Kier molecular flexibility index (Phi) is 7.04. The average Bonchev–Trinajstić information content (AvgIpc) is 2.42. The minimum Gasteiger partial charge on any atom is -0.388 e. The molecule has 0 aliphatic carbocycles. The van der Waals surface area contributed by atoms with Gasteiger partial charge in [0.25, 0.3) is 0 Å². The lowest BCUT2D eigenvalue weighted by Crippen LogP contribution is -2.45. The summed E-state index contributed by atoms with van der Waals surface area (Å²) >= 11 is 0. The van der Waals surface area contributed by atoms with E-state index >= 15 is 0 Å². The number of aliphatic hydroxyl groups is 1. The van der Waals surface area contributed by atoms with E-state index < -0.39 is 6.10 Å². The molecule has 0 aromatic heterocycles. The van der Waals surface area contributed by atoms with Gasteiger partial charge in [0, 0.05) is 6.04 Å². The first-order chi connectivity index (χ1) is 10.2. The maximum absolute atomic E-state index is 12.2. The molecule has 2 atom stereocenters. The molecule has 0 bridgehead atoms. The quantitative estimate of drug-likeness (QED) is 0.814. The molecule has 1 amide bonds. The maximum atomic E-state index is 12.2. The van der Waals surface area contributed by atoms with Crippen LogP contribution in [-0.2, 0) is 4.79 Å². The van der Waals surface area contributed by atoms with Crippen LogP contribution >= 0.6 is 0 Å². The van der Waals surface area contributed by atoms with E-state index in [9.17, 15) is 9.90 Å². The van der Waals surface area contributed by atoms with Crippen molar-refractivity contribution < 1.29 is 9.90 Å². The molecule has 0 fully saturated rings. The van der Waals surface area contributed by atoms with Crippen LogP contribution < -0.4 is 5.32 Å². The van der Waals surface area contributed by atoms with Gasteiger partial charge in [-0.3, -0.25) is 4.79 Å². The summed E-state index contributed by atoms with van der Waals surface area (Å²) in [6.07, 6.45) is 0.234. The van der Waals surface area contributed by atoms with Crippen molar-refractivity contribution in [2.75, 3.05) is 20.6 Å². The molecular weight excluding hydrogens is 276 g/mol. The minimum atomic E-state index is -0.754. The number of nitrogens with one attached hydrogen (secondary N) is 1. The smallest absolute Gasteiger partial charge is 0.223 e. The number of amides is 1. The molecule has 124 valence electrons. The number of nitrogens with zero attached hydrogens (tertiary/aromatic N) is 1. The van der Waals surface area contributed by atoms with E-state index in [1.165, 1.54) is 0 Å². The Morgan fingerprint density at radius 1 is 1.23 bits per heavy atom. The predicted molar refractivity (Wildman–Crippen MR) is 90.6 cm³/mol. The van der Waals surface area contributed by atoms with Crippen molar-refractivity contribution in [1.29, 1.82) is 0 Å². The molecule has 1 aromatic carbocycles. The molecule has 1 aromatic rings. The van der Waals surface area contributed by atoms with E-state index in [-0.39, 0.29) is 23.8 Å². The highest BCUT2D eigenvalue weighted by Gasteiger charge is 2.26. The fraction of sp³-hybridized carbons (Fsp3) is 0.611. The SMILES string of the molecule is CN(C)CCC(NC(=O)CC(O)c1ccccc1)C(C)(C)C. The zero-order chi connectivity index (χ0) is 16.8. The molecular formula is C18H30N2O2. The van der Waals surface area contributed by atoms with Gasteiger partial charge in [0.2, 0.25) is 5.91 Å². The topological polar surface area (TPSA) is 52.6 Å². The van der Waals surface area contributed by atoms with Crippen LogP contribution in [-0.4, -0.2) is 42.6 Å². The van der Waals surface area contributed by atoms with Gasteiger partial charge in [0.15, 0.2) is 0 Å². The molecule has 2 unspecified atom stereocenters. The van der Waals surface area contributed by atoms with Crippen molar-refractivity contribution in [2.45, 2.75) is 45.8 Å². The van der Waals surface area contributed by atoms with Crippen molar-refractivity contribution in [3.8, 4) is 0 Å². The molecule has 0 saturated heterocycles. The highest BCUT2D eigenvalue weighted by atomic mass is 16.3. The number of carbonyl (C=O) groups is 1. The van der Waals surface area contributed by atoms with Crippen molar-refractivity contribution >= 4 is 5.91 Å². The van der Waals surface area contributed by atoms with Crippen molar-refractivity contribution in [2.24, 2.45) is 5.41 Å². The van der Waals surface area contributed by atoms with E-state index in [0.717, 1.165) is 18.5 Å². The van der Waals surface area contributed by atoms with Gasteiger partial charge in [-0.15, -0.1) is 0 Å². The first-order valence-corrected chi connectivity index (χ1v) is 7.87. The van der Waals surface area contributed by atoms with Gasteiger partial charge in [0.05, 0.1) is 12.5 Å². The standard InChI is InChI=1S/C18H30N2O2/c1-18(2,3)16(11-12-20(4)5)19-17(22)13-15(21)14-9-7-6-8-10-14/h6-10,15-16,21H,11-13H2,1-5H3,(H,19,22). The van der Waals surface area contributed by atoms with E-state index in [1.54, 1.807) is 0 Å². The third kappa shape index (κ3) is 6.58. The first-order valence-electron chi connectivity index (χ1n) is 7.87. The summed E-state index contributed by atoms with van der Waals surface area (Å²) in [5, 5.41) is 13.2. The van der Waals surface area contributed by atoms with Crippen LogP contribution in [0.2, 0.25) is 0 Å². The van der Waals surface area contributed by atoms with Crippen LogP contribution in [0.3, 0.4) is 0 Å². The highest BCUT2D eigenvalue weighted by molar-refractivity contribution is 5.77. The van der Waals surface area contributed by atoms with Crippen LogP contribution in [0.4, 0.5) is 0 Å². The molecule has 0 aliphatic rings. The van der Waals surface area contributed by atoms with E-state index in [2.05, 4.69) is 31.0 Å². The molecule has 0 spiro atoms. The van der Waals surface area contributed by atoms with E-state index in [1.807, 2.05) is 44.4 Å². The lowest BCUT2D eigenvalue weighted by Gasteiger charge is -2.32. The van der Waals surface area contributed by atoms with Crippen molar-refractivity contribution in [1.82, 2.24) is 10.2 Å². The summed E-state index contributed by atoms with van der Waals surface area (Å²) in [6.45, 7) is 7.30. The van der Waals surface area contributed by atoms with Gasteiger partial charge in [-0.1, -0.05) is 51.1 Å². The van der Waals surface area contributed by atoms with E-state index in [4.69, 9.17) is 0 Å². The van der Waals surface area contributed by atoms with Gasteiger partial charge >= 0.3 is 0 Å². The minimum absolute atomic E-state index is 0.0105.